The maximum atomic E-state index is 11.5. The van der Waals surface area contributed by atoms with Crippen LogP contribution in [0.3, 0.4) is 0 Å². The fourth-order valence-corrected chi connectivity index (χ4v) is 1.96. The lowest BCUT2D eigenvalue weighted by molar-refractivity contribution is -0.121. The zero-order valence-corrected chi connectivity index (χ0v) is 12.8. The van der Waals surface area contributed by atoms with Gasteiger partial charge in [-0.1, -0.05) is 42.5 Å². The first-order valence-corrected chi connectivity index (χ1v) is 7.45. The number of benzene rings is 2. The number of hydrogen-bond donors (Lipinski definition) is 2. The Morgan fingerprint density at radius 1 is 1.00 bits per heavy atom. The predicted molar refractivity (Wildman–Crippen MR) is 87.6 cm³/mol. The second-order valence-electron chi connectivity index (χ2n) is 5.05. The van der Waals surface area contributed by atoms with E-state index in [-0.39, 0.29) is 5.91 Å². The molecule has 0 radical (unpaired) electrons. The first kappa shape index (κ1) is 16.0. The molecule has 116 valence electrons. The molecule has 22 heavy (non-hydrogen) atoms. The minimum atomic E-state index is 0.0610. The molecule has 0 unspecified atom stereocenters. The van der Waals surface area contributed by atoms with Crippen molar-refractivity contribution in [2.75, 3.05) is 13.6 Å². The van der Waals surface area contributed by atoms with Crippen molar-refractivity contribution in [2.45, 2.75) is 19.6 Å². The van der Waals surface area contributed by atoms with Gasteiger partial charge in [-0.2, -0.15) is 0 Å². The van der Waals surface area contributed by atoms with Crippen LogP contribution in [-0.2, 0) is 17.9 Å². The van der Waals surface area contributed by atoms with Crippen molar-refractivity contribution in [1.29, 1.82) is 0 Å². The third kappa shape index (κ3) is 5.58. The highest BCUT2D eigenvalue weighted by atomic mass is 16.5. The Balaban J connectivity index is 1.76. The summed E-state index contributed by atoms with van der Waals surface area (Å²) in [4.78, 5) is 11.5. The monoisotopic (exact) mass is 298 g/mol. The van der Waals surface area contributed by atoms with Crippen molar-refractivity contribution in [3.05, 3.63) is 65.7 Å². The predicted octanol–water partition coefficient (Wildman–Crippen LogP) is 2.49. The van der Waals surface area contributed by atoms with Gasteiger partial charge in [-0.25, -0.2) is 0 Å². The zero-order valence-electron chi connectivity index (χ0n) is 12.8. The van der Waals surface area contributed by atoms with Gasteiger partial charge in [-0.05, 0) is 30.3 Å². The smallest absolute Gasteiger partial charge is 0.221 e. The second-order valence-corrected chi connectivity index (χ2v) is 5.05. The summed E-state index contributed by atoms with van der Waals surface area (Å²) in [7, 11) is 1.84. The average molecular weight is 298 g/mol. The van der Waals surface area contributed by atoms with Gasteiger partial charge in [0.05, 0.1) is 0 Å². The quantitative estimate of drug-likeness (QED) is 0.787. The molecule has 0 atom stereocenters. The summed E-state index contributed by atoms with van der Waals surface area (Å²) in [5.41, 5.74) is 2.19. The molecular formula is C18H22N2O2. The van der Waals surface area contributed by atoms with Gasteiger partial charge < -0.3 is 15.4 Å². The summed E-state index contributed by atoms with van der Waals surface area (Å²) in [6, 6.07) is 17.8. The van der Waals surface area contributed by atoms with E-state index >= 15 is 0 Å². The zero-order chi connectivity index (χ0) is 15.6. The van der Waals surface area contributed by atoms with Crippen LogP contribution in [0.5, 0.6) is 5.75 Å². The maximum absolute atomic E-state index is 11.5. The van der Waals surface area contributed by atoms with E-state index in [1.165, 1.54) is 0 Å². The van der Waals surface area contributed by atoms with Crippen LogP contribution < -0.4 is 15.4 Å². The normalized spacial score (nSPS) is 10.2. The maximum Gasteiger partial charge on any atom is 0.221 e. The summed E-state index contributed by atoms with van der Waals surface area (Å²) in [6.45, 7) is 1.79. The molecule has 0 bridgehead atoms. The Kier molecular flexibility index (Phi) is 6.45. The van der Waals surface area contributed by atoms with Crippen LogP contribution in [0.2, 0.25) is 0 Å². The molecule has 0 heterocycles. The molecule has 0 aromatic heterocycles. The van der Waals surface area contributed by atoms with Gasteiger partial charge in [0.1, 0.15) is 12.4 Å². The highest BCUT2D eigenvalue weighted by molar-refractivity contribution is 5.76. The molecule has 2 aromatic carbocycles. The number of rotatable bonds is 8. The third-order valence-electron chi connectivity index (χ3n) is 3.26. The van der Waals surface area contributed by atoms with Crippen LogP contribution in [0, 0.1) is 0 Å². The van der Waals surface area contributed by atoms with Gasteiger partial charge in [-0.15, -0.1) is 0 Å². The van der Waals surface area contributed by atoms with Gasteiger partial charge in [0.15, 0.2) is 0 Å². The van der Waals surface area contributed by atoms with Gasteiger partial charge in [0, 0.05) is 19.5 Å². The van der Waals surface area contributed by atoms with E-state index in [1.54, 1.807) is 0 Å². The molecule has 0 spiro atoms. The van der Waals surface area contributed by atoms with Crippen molar-refractivity contribution < 1.29 is 9.53 Å². The highest BCUT2D eigenvalue weighted by Crippen LogP contribution is 2.12. The fraction of sp³-hybridized carbons (Fsp3) is 0.278. The highest BCUT2D eigenvalue weighted by Gasteiger charge is 2.01. The number of amides is 1. The molecule has 0 aliphatic carbocycles. The average Bonchev–Trinajstić information content (AvgIpc) is 2.58. The lowest BCUT2D eigenvalue weighted by Crippen LogP contribution is -2.26. The van der Waals surface area contributed by atoms with Crippen molar-refractivity contribution in [1.82, 2.24) is 10.6 Å². The lowest BCUT2D eigenvalue weighted by atomic mass is 10.1. The van der Waals surface area contributed by atoms with Crippen LogP contribution in [0.25, 0.3) is 0 Å². The minimum Gasteiger partial charge on any atom is -0.489 e. The Morgan fingerprint density at radius 3 is 2.36 bits per heavy atom. The fourth-order valence-electron chi connectivity index (χ4n) is 1.96. The van der Waals surface area contributed by atoms with Crippen LogP contribution in [-0.4, -0.2) is 19.5 Å². The first-order chi connectivity index (χ1) is 10.8. The molecular weight excluding hydrogens is 276 g/mol. The van der Waals surface area contributed by atoms with E-state index in [0.29, 0.717) is 26.1 Å². The summed E-state index contributed by atoms with van der Waals surface area (Å²) < 4.78 is 5.70. The van der Waals surface area contributed by atoms with Crippen molar-refractivity contribution in [2.24, 2.45) is 0 Å². The molecule has 0 aliphatic heterocycles. The van der Waals surface area contributed by atoms with E-state index in [2.05, 4.69) is 10.6 Å². The molecule has 0 aliphatic rings. The van der Waals surface area contributed by atoms with Crippen LogP contribution in [0.4, 0.5) is 0 Å². The summed E-state index contributed by atoms with van der Waals surface area (Å²) in [5.74, 6) is 0.925. The molecule has 4 heteroatoms. The van der Waals surface area contributed by atoms with Crippen LogP contribution in [0.15, 0.2) is 54.6 Å². The number of para-hydroxylation sites is 1. The third-order valence-corrected chi connectivity index (χ3v) is 3.26. The Morgan fingerprint density at radius 2 is 1.68 bits per heavy atom. The Bertz CT molecular complexity index is 567. The van der Waals surface area contributed by atoms with E-state index in [4.69, 9.17) is 4.74 Å². The van der Waals surface area contributed by atoms with Crippen LogP contribution in [0.1, 0.15) is 17.5 Å². The summed E-state index contributed by atoms with van der Waals surface area (Å²) in [6.07, 6.45) is 0.500. The largest absolute Gasteiger partial charge is 0.489 e. The summed E-state index contributed by atoms with van der Waals surface area (Å²) in [5, 5.41) is 5.86. The van der Waals surface area contributed by atoms with Crippen molar-refractivity contribution in [3.8, 4) is 5.75 Å². The standard InChI is InChI=1S/C18H22N2O2/c1-19-12-11-18(21)20-13-15-7-9-16(10-8-15)14-22-17-5-3-2-4-6-17/h2-10,19H,11-14H2,1H3,(H,20,21). The lowest BCUT2D eigenvalue weighted by Gasteiger charge is -2.08. The molecule has 1 amide bonds. The molecule has 4 nitrogen and oxygen atoms in total. The van der Waals surface area contributed by atoms with Gasteiger partial charge in [-0.3, -0.25) is 4.79 Å². The summed E-state index contributed by atoms with van der Waals surface area (Å²) >= 11 is 0. The molecule has 2 N–H and O–H groups in total. The van der Waals surface area contributed by atoms with Gasteiger partial charge in [0.25, 0.3) is 0 Å². The first-order valence-electron chi connectivity index (χ1n) is 7.45. The number of carbonyl (C=O) groups excluding carboxylic acids is 1. The van der Waals surface area contributed by atoms with Gasteiger partial charge >= 0.3 is 0 Å². The van der Waals surface area contributed by atoms with Crippen molar-refractivity contribution in [3.63, 3.8) is 0 Å². The number of ether oxygens (including phenoxy) is 1. The van der Waals surface area contributed by atoms with E-state index in [1.807, 2.05) is 61.6 Å². The molecule has 2 aromatic rings. The number of carbonyl (C=O) groups is 1. The Hall–Kier alpha value is -2.33. The molecule has 0 saturated heterocycles. The molecule has 0 saturated carbocycles. The minimum absolute atomic E-state index is 0.0610. The van der Waals surface area contributed by atoms with Gasteiger partial charge in [0.2, 0.25) is 5.91 Å². The van der Waals surface area contributed by atoms with Crippen molar-refractivity contribution >= 4 is 5.91 Å². The molecule has 2 rings (SSSR count). The number of nitrogens with one attached hydrogen (secondary N) is 2. The molecule has 0 fully saturated rings. The van der Waals surface area contributed by atoms with E-state index in [0.717, 1.165) is 16.9 Å². The Labute approximate surface area is 131 Å². The topological polar surface area (TPSA) is 50.4 Å². The van der Waals surface area contributed by atoms with E-state index in [9.17, 15) is 4.79 Å². The van der Waals surface area contributed by atoms with Crippen LogP contribution >= 0.6 is 0 Å². The number of hydrogen-bond acceptors (Lipinski definition) is 3. The second kappa shape index (κ2) is 8.85. The SMILES string of the molecule is CNCCC(=O)NCc1ccc(COc2ccccc2)cc1. The van der Waals surface area contributed by atoms with E-state index < -0.39 is 0 Å².